The Hall–Kier alpha value is -4.28. The molecule has 8 atom stereocenters. The van der Waals surface area contributed by atoms with E-state index in [1.807, 2.05) is 6.92 Å². The molecule has 3 saturated carbocycles. The summed E-state index contributed by atoms with van der Waals surface area (Å²) < 4.78 is 40.1. The highest BCUT2D eigenvalue weighted by Crippen LogP contribution is 2.71. The summed E-state index contributed by atoms with van der Waals surface area (Å²) in [7, 11) is 1.36. The molecule has 306 valence electrons. The summed E-state index contributed by atoms with van der Waals surface area (Å²) in [4.78, 5) is 69.8. The highest BCUT2D eigenvalue weighted by Gasteiger charge is 2.77. The van der Waals surface area contributed by atoms with Crippen molar-refractivity contribution < 1.29 is 67.7 Å². The molecule has 0 aliphatic heterocycles. The second kappa shape index (κ2) is 17.1. The first-order chi connectivity index (χ1) is 26.5. The largest absolute Gasteiger partial charge is 0.493 e. The van der Waals surface area contributed by atoms with Crippen LogP contribution in [-0.4, -0.2) is 88.1 Å². The number of carbonyl (C=O) groups excluding carboxylic acids is 5. The van der Waals surface area contributed by atoms with Crippen LogP contribution in [0.5, 0.6) is 11.5 Å². The lowest BCUT2D eigenvalue weighted by Gasteiger charge is -2.62. The van der Waals surface area contributed by atoms with Crippen molar-refractivity contribution in [2.45, 2.75) is 103 Å². The number of benzene rings is 1. The number of alkyl halides is 1. The van der Waals surface area contributed by atoms with Gasteiger partial charge in [0.1, 0.15) is 0 Å². The molecule has 0 saturated heterocycles. The van der Waals surface area contributed by atoms with Gasteiger partial charge in [0.25, 0.3) is 0 Å². The second-order valence-corrected chi connectivity index (χ2v) is 15.7. The Balaban J connectivity index is 1.33. The van der Waals surface area contributed by atoms with Gasteiger partial charge in [-0.25, -0.2) is 9.18 Å². The quantitative estimate of drug-likeness (QED) is 0.0615. The zero-order valence-electron chi connectivity index (χ0n) is 32.5. The maximum absolute atomic E-state index is 17.8. The molecule has 3 N–H and O–H groups in total. The van der Waals surface area contributed by atoms with E-state index in [0.29, 0.717) is 43.2 Å². The minimum Gasteiger partial charge on any atom is -0.493 e. The van der Waals surface area contributed by atoms with Crippen LogP contribution >= 0.6 is 0 Å². The van der Waals surface area contributed by atoms with Gasteiger partial charge in [-0.05, 0) is 87.3 Å². The minimum absolute atomic E-state index is 0.0517. The number of aliphatic hydroxyl groups is 1. The van der Waals surface area contributed by atoms with Crippen molar-refractivity contribution in [2.24, 2.45) is 28.6 Å². The number of esters is 3. The molecular weight excluding hydrogens is 733 g/mol. The second-order valence-electron chi connectivity index (χ2n) is 15.7. The molecule has 3 fully saturated rings. The van der Waals surface area contributed by atoms with Crippen molar-refractivity contribution in [3.8, 4) is 11.5 Å². The van der Waals surface area contributed by atoms with Crippen molar-refractivity contribution in [3.05, 3.63) is 53.6 Å². The first kappa shape index (κ1) is 42.9. The number of hydrogen-bond donors (Lipinski definition) is 3. The number of methoxy groups -OCH3 is 1. The van der Waals surface area contributed by atoms with Crippen LogP contribution in [0.25, 0.3) is 6.08 Å². The third-order valence-electron chi connectivity index (χ3n) is 12.5. The molecular formula is C41H52FNO13. The summed E-state index contributed by atoms with van der Waals surface area (Å²) >= 11 is 0. The number of unbranched alkanes of at least 4 members (excludes halogenated alkanes) is 1. The van der Waals surface area contributed by atoms with E-state index in [0.717, 1.165) is 6.08 Å². The van der Waals surface area contributed by atoms with Gasteiger partial charge in [0.05, 0.1) is 25.2 Å². The number of halogens is 1. The zero-order valence-corrected chi connectivity index (χ0v) is 32.5. The smallest absolute Gasteiger partial charge is 0.331 e. The number of nitrogens with zero attached hydrogens (tertiary/aromatic N) is 1. The van der Waals surface area contributed by atoms with Crippen LogP contribution in [0.4, 0.5) is 4.39 Å². The van der Waals surface area contributed by atoms with Gasteiger partial charge in [0.2, 0.25) is 5.78 Å². The summed E-state index contributed by atoms with van der Waals surface area (Å²) in [5.74, 6) is -4.51. The Bertz CT molecular complexity index is 1790. The fourth-order valence-corrected chi connectivity index (χ4v) is 9.82. The number of aliphatic hydroxyl groups excluding tert-OH is 1. The van der Waals surface area contributed by atoms with Crippen molar-refractivity contribution in [1.29, 1.82) is 0 Å². The Morgan fingerprint density at radius 3 is 2.48 bits per heavy atom. The standard InChI is InChI=1S/C41H52FNO13/c1-6-7-9-37(49)56-41(25(2)20-30-29-14-13-27-22-28(44)17-18-38(27,3)40(29,42)33(45)23-39(30,41)4)34(46)24-53-35(47)16-12-26-11-15-31(32(21-26)52-5)55-36(48)10-8-19-54-43(50)51/h11-12,15-18,21-22,25,29-30,33,45,50-51H,6-10,13-14,19-20,23-24H2,1-5H3/b16-12+/t25-,29?,30-,33-,38-,39-,40-,41-/m0/s1. The number of rotatable bonds is 16. The van der Waals surface area contributed by atoms with E-state index < -0.39 is 81.6 Å². The van der Waals surface area contributed by atoms with E-state index in [9.17, 15) is 29.1 Å². The van der Waals surface area contributed by atoms with Crippen LogP contribution < -0.4 is 9.47 Å². The van der Waals surface area contributed by atoms with E-state index >= 15 is 4.39 Å². The monoisotopic (exact) mass is 785 g/mol. The van der Waals surface area contributed by atoms with Crippen LogP contribution in [-0.2, 0) is 38.3 Å². The molecule has 4 aliphatic carbocycles. The van der Waals surface area contributed by atoms with Crippen molar-refractivity contribution in [3.63, 3.8) is 0 Å². The summed E-state index contributed by atoms with van der Waals surface area (Å²) in [6.45, 7) is 6.29. The van der Waals surface area contributed by atoms with E-state index in [-0.39, 0.29) is 49.6 Å². The van der Waals surface area contributed by atoms with Gasteiger partial charge in [-0.1, -0.05) is 44.9 Å². The van der Waals surface area contributed by atoms with Crippen molar-refractivity contribution in [1.82, 2.24) is 5.39 Å². The summed E-state index contributed by atoms with van der Waals surface area (Å²) in [5.41, 5.74) is -5.33. The topological polar surface area (TPSA) is 195 Å². The third-order valence-corrected chi connectivity index (χ3v) is 12.5. The molecule has 14 nitrogen and oxygen atoms in total. The van der Waals surface area contributed by atoms with E-state index in [4.69, 9.17) is 29.4 Å². The lowest BCUT2D eigenvalue weighted by Crippen LogP contribution is -2.70. The fourth-order valence-electron chi connectivity index (χ4n) is 9.82. The molecule has 15 heteroatoms. The van der Waals surface area contributed by atoms with E-state index in [2.05, 4.69) is 4.84 Å². The molecule has 0 bridgehead atoms. The maximum atomic E-state index is 17.8. The van der Waals surface area contributed by atoms with Crippen LogP contribution in [0.3, 0.4) is 0 Å². The number of hydrogen-bond acceptors (Lipinski definition) is 14. The van der Waals surface area contributed by atoms with Crippen LogP contribution in [0.1, 0.15) is 91.0 Å². The molecule has 5 rings (SSSR count). The van der Waals surface area contributed by atoms with Crippen LogP contribution in [0.2, 0.25) is 0 Å². The van der Waals surface area contributed by atoms with Crippen molar-refractivity contribution >= 4 is 35.6 Å². The van der Waals surface area contributed by atoms with E-state index in [1.165, 1.54) is 37.5 Å². The molecule has 0 aromatic heterocycles. The molecule has 0 heterocycles. The Morgan fingerprint density at radius 2 is 1.79 bits per heavy atom. The Kier molecular flexibility index (Phi) is 13.1. The van der Waals surface area contributed by atoms with Gasteiger partial charge < -0.3 is 24.1 Å². The highest BCUT2D eigenvalue weighted by atomic mass is 19.1. The molecule has 4 aliphatic rings. The Morgan fingerprint density at radius 1 is 1.05 bits per heavy atom. The molecule has 1 aromatic carbocycles. The lowest BCUT2D eigenvalue weighted by molar-refractivity contribution is -0.492. The van der Waals surface area contributed by atoms with Gasteiger partial charge in [-0.3, -0.25) is 34.4 Å². The number of fused-ring (bicyclic) bond motifs is 5. The highest BCUT2D eigenvalue weighted by molar-refractivity contribution is 6.01. The number of ketones is 2. The van der Waals surface area contributed by atoms with E-state index in [1.54, 1.807) is 32.9 Å². The maximum Gasteiger partial charge on any atom is 0.331 e. The lowest BCUT2D eigenvalue weighted by atomic mass is 9.44. The number of Topliss-reactive ketones (excluding diaryl/α,β-unsaturated/α-hetero) is 1. The summed E-state index contributed by atoms with van der Waals surface area (Å²) in [5, 5.41) is 28.5. The zero-order chi connectivity index (χ0) is 41.1. The predicted octanol–water partition coefficient (Wildman–Crippen LogP) is 5.61. The molecule has 0 amide bonds. The SMILES string of the molecule is CCCCC(=O)O[C@]1(C(=O)COC(=O)/C=C/c2ccc(OC(=O)CCCON(O)O)c(OC)c2)[C@@H](C)C[C@H]2C3CCC4=CC(=O)C=C[C@]4(C)[C@@]3(F)[C@@H](O)C[C@@]21C. The number of carbonyl (C=O) groups is 5. The average Bonchev–Trinajstić information content (AvgIpc) is 3.37. The first-order valence-corrected chi connectivity index (χ1v) is 19.1. The van der Waals surface area contributed by atoms with Gasteiger partial charge in [0.15, 0.2) is 35.2 Å². The van der Waals surface area contributed by atoms with Gasteiger partial charge >= 0.3 is 17.9 Å². The van der Waals surface area contributed by atoms with Crippen LogP contribution in [0, 0.1) is 28.6 Å². The fraction of sp³-hybridized carbons (Fsp3) is 0.585. The van der Waals surface area contributed by atoms with Gasteiger partial charge in [0, 0.05) is 41.6 Å². The van der Waals surface area contributed by atoms with Gasteiger partial charge in [-0.15, -0.1) is 0 Å². The predicted molar refractivity (Wildman–Crippen MR) is 195 cm³/mol. The van der Waals surface area contributed by atoms with Crippen molar-refractivity contribution in [2.75, 3.05) is 20.3 Å². The molecule has 0 spiro atoms. The molecule has 0 radical (unpaired) electrons. The summed E-state index contributed by atoms with van der Waals surface area (Å²) in [6, 6.07) is 4.51. The third kappa shape index (κ3) is 7.84. The Labute approximate surface area is 325 Å². The average molecular weight is 786 g/mol. The molecule has 1 aromatic rings. The summed E-state index contributed by atoms with van der Waals surface area (Å²) in [6.07, 6.45) is 7.52. The van der Waals surface area contributed by atoms with Gasteiger partial charge in [-0.2, -0.15) is 0 Å². The number of allylic oxidation sites excluding steroid dienone is 4. The van der Waals surface area contributed by atoms with Crippen LogP contribution in [0.15, 0.2) is 48.1 Å². The first-order valence-electron chi connectivity index (χ1n) is 19.1. The molecule has 1 unspecified atom stereocenters. The minimum atomic E-state index is -2.15. The molecule has 56 heavy (non-hydrogen) atoms. The normalized spacial score (nSPS) is 32.0. The number of ether oxygens (including phenoxy) is 4.